The van der Waals surface area contributed by atoms with E-state index in [4.69, 9.17) is 4.74 Å². The van der Waals surface area contributed by atoms with E-state index in [2.05, 4.69) is 24.2 Å². The van der Waals surface area contributed by atoms with Gasteiger partial charge in [0.15, 0.2) is 0 Å². The molecule has 0 saturated carbocycles. The third-order valence-electron chi connectivity index (χ3n) is 3.65. The number of ether oxygens (including phenoxy) is 1. The Balaban J connectivity index is 2.36. The second-order valence-corrected chi connectivity index (χ2v) is 5.85. The quantitative estimate of drug-likeness (QED) is 0.608. The summed E-state index contributed by atoms with van der Waals surface area (Å²) in [5, 5.41) is 12.9. The van der Waals surface area contributed by atoms with Crippen molar-refractivity contribution < 1.29 is 9.84 Å². The smallest absolute Gasteiger partial charge is 0.0547 e. The van der Waals surface area contributed by atoms with Gasteiger partial charge >= 0.3 is 0 Å². The van der Waals surface area contributed by atoms with Crippen LogP contribution in [0.2, 0.25) is 0 Å². The molecule has 0 bridgehead atoms. The van der Waals surface area contributed by atoms with Gasteiger partial charge in [0.1, 0.15) is 0 Å². The molecule has 0 spiro atoms. The summed E-state index contributed by atoms with van der Waals surface area (Å²) < 4.78 is 5.60. The number of nitrogens with one attached hydrogen (secondary N) is 1. The molecule has 1 saturated heterocycles. The first-order valence-corrected chi connectivity index (χ1v) is 7.23. The highest BCUT2D eigenvalue weighted by Gasteiger charge is 2.35. The molecule has 1 aliphatic rings. The highest BCUT2D eigenvalue weighted by Crippen LogP contribution is 2.28. The fourth-order valence-corrected chi connectivity index (χ4v) is 2.56. The van der Waals surface area contributed by atoms with Gasteiger partial charge in [-0.25, -0.2) is 0 Å². The van der Waals surface area contributed by atoms with Crippen LogP contribution in [0.5, 0.6) is 0 Å². The van der Waals surface area contributed by atoms with Crippen molar-refractivity contribution in [3.8, 4) is 0 Å². The molecule has 1 heterocycles. The topological polar surface area (TPSA) is 44.7 Å². The summed E-state index contributed by atoms with van der Waals surface area (Å²) in [6.07, 6.45) is 2.95. The van der Waals surface area contributed by atoms with Gasteiger partial charge in [0.2, 0.25) is 0 Å². The van der Waals surface area contributed by atoms with Gasteiger partial charge in [0.25, 0.3) is 0 Å². The summed E-state index contributed by atoms with van der Waals surface area (Å²) in [6, 6.07) is 0. The first-order valence-electron chi connectivity index (χ1n) is 7.23. The molecule has 18 heavy (non-hydrogen) atoms. The van der Waals surface area contributed by atoms with Crippen LogP contribution in [-0.4, -0.2) is 62.6 Å². The minimum absolute atomic E-state index is 0.207. The Morgan fingerprint density at radius 1 is 1.50 bits per heavy atom. The maximum atomic E-state index is 9.34. The van der Waals surface area contributed by atoms with Gasteiger partial charge in [0.05, 0.1) is 12.7 Å². The Morgan fingerprint density at radius 3 is 2.83 bits per heavy atom. The van der Waals surface area contributed by atoms with E-state index >= 15 is 0 Å². The molecule has 4 heteroatoms. The van der Waals surface area contributed by atoms with Crippen LogP contribution >= 0.6 is 0 Å². The lowest BCUT2D eigenvalue weighted by atomic mass is 9.86. The Bertz CT molecular complexity index is 216. The van der Waals surface area contributed by atoms with Crippen molar-refractivity contribution in [1.29, 1.82) is 0 Å². The molecule has 0 radical (unpaired) electrons. The Labute approximate surface area is 112 Å². The van der Waals surface area contributed by atoms with E-state index in [1.165, 1.54) is 6.42 Å². The van der Waals surface area contributed by atoms with Gasteiger partial charge in [-0.1, -0.05) is 6.92 Å². The van der Waals surface area contributed by atoms with E-state index < -0.39 is 0 Å². The molecule has 0 aromatic carbocycles. The molecular weight excluding hydrogens is 228 g/mol. The fraction of sp³-hybridized carbons (Fsp3) is 1.00. The number of hydrogen-bond acceptors (Lipinski definition) is 4. The predicted octanol–water partition coefficient (Wildman–Crippen LogP) is 1.10. The third kappa shape index (κ3) is 5.65. The minimum atomic E-state index is -0.207. The van der Waals surface area contributed by atoms with Gasteiger partial charge in [-0.2, -0.15) is 0 Å². The Kier molecular flexibility index (Phi) is 7.15. The van der Waals surface area contributed by atoms with E-state index in [9.17, 15) is 5.11 Å². The van der Waals surface area contributed by atoms with Gasteiger partial charge in [-0.3, -0.25) is 0 Å². The summed E-state index contributed by atoms with van der Waals surface area (Å²) in [6.45, 7) is 9.92. The average molecular weight is 258 g/mol. The van der Waals surface area contributed by atoms with E-state index in [-0.39, 0.29) is 11.5 Å². The normalized spacial score (nSPS) is 25.8. The second-order valence-electron chi connectivity index (χ2n) is 5.85. The summed E-state index contributed by atoms with van der Waals surface area (Å²) >= 11 is 0. The first kappa shape index (κ1) is 15.9. The highest BCUT2D eigenvalue weighted by atomic mass is 16.5. The van der Waals surface area contributed by atoms with E-state index in [0.29, 0.717) is 0 Å². The maximum absolute atomic E-state index is 9.34. The van der Waals surface area contributed by atoms with Crippen molar-refractivity contribution in [3.05, 3.63) is 0 Å². The Hall–Kier alpha value is -0.160. The standard InChI is InChI=1S/C14H30N2O2/c1-4-7-15-10-14(6-9-18-12-14)11-16(3)8-5-13(2)17/h13,15,17H,4-12H2,1-3H3. The molecular formula is C14H30N2O2. The zero-order chi connectivity index (χ0) is 13.4. The number of nitrogens with zero attached hydrogens (tertiary/aromatic N) is 1. The van der Waals surface area contributed by atoms with Gasteiger partial charge in [-0.05, 0) is 39.8 Å². The molecule has 0 aromatic rings. The van der Waals surface area contributed by atoms with Crippen LogP contribution in [0.1, 0.15) is 33.1 Å². The third-order valence-corrected chi connectivity index (χ3v) is 3.65. The maximum Gasteiger partial charge on any atom is 0.0547 e. The second kappa shape index (κ2) is 8.10. The van der Waals surface area contributed by atoms with Crippen molar-refractivity contribution >= 4 is 0 Å². The summed E-state index contributed by atoms with van der Waals surface area (Å²) in [5.74, 6) is 0. The predicted molar refractivity (Wildman–Crippen MR) is 74.8 cm³/mol. The number of aliphatic hydroxyl groups excluding tert-OH is 1. The van der Waals surface area contributed by atoms with E-state index in [0.717, 1.165) is 52.2 Å². The van der Waals surface area contributed by atoms with Crippen LogP contribution in [0.4, 0.5) is 0 Å². The lowest BCUT2D eigenvalue weighted by Crippen LogP contribution is -2.44. The number of rotatable bonds is 9. The summed E-state index contributed by atoms with van der Waals surface area (Å²) in [7, 11) is 2.14. The largest absolute Gasteiger partial charge is 0.393 e. The van der Waals surface area contributed by atoms with Crippen molar-refractivity contribution in [2.24, 2.45) is 5.41 Å². The number of hydrogen-bond donors (Lipinski definition) is 2. The van der Waals surface area contributed by atoms with Crippen LogP contribution in [0.3, 0.4) is 0 Å². The molecule has 108 valence electrons. The molecule has 2 atom stereocenters. The molecule has 0 aromatic heterocycles. The number of aliphatic hydroxyl groups is 1. The average Bonchev–Trinajstić information content (AvgIpc) is 2.76. The first-order chi connectivity index (χ1) is 8.58. The van der Waals surface area contributed by atoms with Crippen molar-refractivity contribution in [2.75, 3.05) is 46.4 Å². The summed E-state index contributed by atoms with van der Waals surface area (Å²) in [5.41, 5.74) is 0.266. The molecule has 4 nitrogen and oxygen atoms in total. The van der Waals surface area contributed by atoms with Crippen molar-refractivity contribution in [2.45, 2.75) is 39.2 Å². The summed E-state index contributed by atoms with van der Waals surface area (Å²) in [4.78, 5) is 2.33. The lowest BCUT2D eigenvalue weighted by Gasteiger charge is -2.32. The zero-order valence-corrected chi connectivity index (χ0v) is 12.2. The van der Waals surface area contributed by atoms with Gasteiger partial charge < -0.3 is 20.1 Å². The van der Waals surface area contributed by atoms with Gasteiger partial charge in [-0.15, -0.1) is 0 Å². The zero-order valence-electron chi connectivity index (χ0n) is 12.2. The molecule has 2 N–H and O–H groups in total. The van der Waals surface area contributed by atoms with E-state index in [1.807, 2.05) is 6.92 Å². The minimum Gasteiger partial charge on any atom is -0.393 e. The molecule has 1 rings (SSSR count). The molecule has 1 fully saturated rings. The van der Waals surface area contributed by atoms with Crippen LogP contribution in [0.15, 0.2) is 0 Å². The van der Waals surface area contributed by atoms with Crippen LogP contribution in [0.25, 0.3) is 0 Å². The molecule has 2 unspecified atom stereocenters. The molecule has 1 aliphatic heterocycles. The highest BCUT2D eigenvalue weighted by molar-refractivity contribution is 4.88. The van der Waals surface area contributed by atoms with Crippen LogP contribution in [0, 0.1) is 5.41 Å². The van der Waals surface area contributed by atoms with Crippen molar-refractivity contribution in [1.82, 2.24) is 10.2 Å². The fourth-order valence-electron chi connectivity index (χ4n) is 2.56. The monoisotopic (exact) mass is 258 g/mol. The van der Waals surface area contributed by atoms with E-state index in [1.54, 1.807) is 0 Å². The van der Waals surface area contributed by atoms with Crippen molar-refractivity contribution in [3.63, 3.8) is 0 Å². The van der Waals surface area contributed by atoms with Gasteiger partial charge in [0, 0.05) is 31.7 Å². The SMILES string of the molecule is CCCNCC1(CN(C)CCC(C)O)CCOC1. The molecule has 0 amide bonds. The van der Waals surface area contributed by atoms with Crippen LogP contribution in [-0.2, 0) is 4.74 Å². The lowest BCUT2D eigenvalue weighted by molar-refractivity contribution is 0.107. The molecule has 0 aliphatic carbocycles. The van der Waals surface area contributed by atoms with Crippen LogP contribution < -0.4 is 5.32 Å². The Morgan fingerprint density at radius 2 is 2.28 bits per heavy atom.